The van der Waals surface area contributed by atoms with Crippen molar-refractivity contribution in [2.75, 3.05) is 39.9 Å². The maximum Gasteiger partial charge on any atom is 0.236 e. The van der Waals surface area contributed by atoms with Crippen LogP contribution in [0.3, 0.4) is 0 Å². The van der Waals surface area contributed by atoms with Gasteiger partial charge in [-0.05, 0) is 42.3 Å². The minimum absolute atomic E-state index is 0.00420. The summed E-state index contributed by atoms with van der Waals surface area (Å²) in [5.74, 6) is 0.968. The monoisotopic (exact) mass is 446 g/mol. The minimum Gasteiger partial charge on any atom is -0.494 e. The highest BCUT2D eigenvalue weighted by atomic mass is 79.9. The molecule has 0 bridgehead atoms. The van der Waals surface area contributed by atoms with Crippen LogP contribution in [-0.4, -0.2) is 55.6 Å². The van der Waals surface area contributed by atoms with Gasteiger partial charge in [-0.1, -0.05) is 40.2 Å². The fourth-order valence-electron chi connectivity index (χ4n) is 3.29. The summed E-state index contributed by atoms with van der Waals surface area (Å²) in [6, 6.07) is 16.1. The lowest BCUT2D eigenvalue weighted by molar-refractivity contribution is -0.133. The molecule has 0 aliphatic carbocycles. The fraction of sp³-hybridized carbons (Fsp3) is 0.409. The van der Waals surface area contributed by atoms with Crippen molar-refractivity contribution in [1.29, 1.82) is 0 Å². The number of ether oxygens (including phenoxy) is 2. The largest absolute Gasteiger partial charge is 0.494 e. The first-order valence-corrected chi connectivity index (χ1v) is 10.4. The molecule has 2 aromatic carbocycles. The predicted molar refractivity (Wildman–Crippen MR) is 113 cm³/mol. The Balaban J connectivity index is 1.53. The Morgan fingerprint density at radius 3 is 2.79 bits per heavy atom. The fourth-order valence-corrected chi connectivity index (χ4v) is 3.70. The molecule has 1 amide bonds. The van der Waals surface area contributed by atoms with Gasteiger partial charge in [-0.2, -0.15) is 0 Å². The summed E-state index contributed by atoms with van der Waals surface area (Å²) in [5, 5.41) is 0. The van der Waals surface area contributed by atoms with Crippen molar-refractivity contribution in [2.24, 2.45) is 0 Å². The van der Waals surface area contributed by atoms with E-state index in [0.29, 0.717) is 26.3 Å². The van der Waals surface area contributed by atoms with E-state index in [9.17, 15) is 4.79 Å². The van der Waals surface area contributed by atoms with Gasteiger partial charge < -0.3 is 14.4 Å². The second-order valence-corrected chi connectivity index (χ2v) is 7.89. The number of hydrogen-bond donors (Lipinski definition) is 0. The summed E-state index contributed by atoms with van der Waals surface area (Å²) in [5.41, 5.74) is 2.22. The van der Waals surface area contributed by atoms with Crippen molar-refractivity contribution in [3.63, 3.8) is 0 Å². The van der Waals surface area contributed by atoms with E-state index in [1.165, 1.54) is 0 Å². The number of nitrogens with zero attached hydrogens (tertiary/aromatic N) is 2. The van der Waals surface area contributed by atoms with Gasteiger partial charge in [0.25, 0.3) is 0 Å². The molecule has 6 heteroatoms. The van der Waals surface area contributed by atoms with Crippen LogP contribution in [0.1, 0.15) is 24.2 Å². The Bertz CT molecular complexity index is 782. The molecule has 150 valence electrons. The zero-order valence-electron chi connectivity index (χ0n) is 16.4. The van der Waals surface area contributed by atoms with Crippen LogP contribution in [0.4, 0.5) is 0 Å². The molecule has 5 nitrogen and oxygen atoms in total. The average Bonchev–Trinajstić information content (AvgIpc) is 2.70. The predicted octanol–water partition coefficient (Wildman–Crippen LogP) is 3.88. The highest BCUT2D eigenvalue weighted by Crippen LogP contribution is 2.24. The summed E-state index contributed by atoms with van der Waals surface area (Å²) in [6.45, 7) is 5.73. The molecule has 0 saturated carbocycles. The van der Waals surface area contributed by atoms with E-state index in [1.807, 2.05) is 50.4 Å². The van der Waals surface area contributed by atoms with Crippen LogP contribution in [-0.2, 0) is 16.1 Å². The number of amides is 1. The third-order valence-electron chi connectivity index (χ3n) is 4.81. The maximum atomic E-state index is 12.7. The highest BCUT2D eigenvalue weighted by Gasteiger charge is 2.24. The van der Waals surface area contributed by atoms with E-state index in [2.05, 4.69) is 33.0 Å². The Hall–Kier alpha value is -1.89. The molecule has 1 aliphatic rings. The Labute approximate surface area is 175 Å². The van der Waals surface area contributed by atoms with Crippen LogP contribution in [0.15, 0.2) is 53.0 Å². The maximum absolute atomic E-state index is 12.7. The Morgan fingerprint density at radius 2 is 2.07 bits per heavy atom. The third-order valence-corrected chi connectivity index (χ3v) is 5.30. The number of benzene rings is 2. The molecule has 2 aromatic rings. The van der Waals surface area contributed by atoms with Crippen molar-refractivity contribution < 1.29 is 14.3 Å². The third kappa shape index (κ3) is 5.80. The summed E-state index contributed by atoms with van der Waals surface area (Å²) in [4.78, 5) is 16.6. The number of rotatable bonds is 7. The van der Waals surface area contributed by atoms with Gasteiger partial charge in [0.05, 0.1) is 25.9 Å². The van der Waals surface area contributed by atoms with Gasteiger partial charge in [0, 0.05) is 31.2 Å². The van der Waals surface area contributed by atoms with Crippen LogP contribution < -0.4 is 4.74 Å². The van der Waals surface area contributed by atoms with Crippen LogP contribution >= 0.6 is 15.9 Å². The molecule has 1 unspecified atom stereocenters. The smallest absolute Gasteiger partial charge is 0.236 e. The van der Waals surface area contributed by atoms with Crippen LogP contribution in [0.25, 0.3) is 0 Å². The van der Waals surface area contributed by atoms with Crippen molar-refractivity contribution in [3.8, 4) is 5.75 Å². The van der Waals surface area contributed by atoms with Crippen molar-refractivity contribution in [1.82, 2.24) is 9.80 Å². The molecule has 0 N–H and O–H groups in total. The van der Waals surface area contributed by atoms with E-state index in [-0.39, 0.29) is 12.0 Å². The minimum atomic E-state index is -0.00420. The molecule has 0 spiro atoms. The van der Waals surface area contributed by atoms with Crippen LogP contribution in [0.5, 0.6) is 5.75 Å². The number of likely N-dealkylation sites (N-methyl/N-ethyl adjacent to an activating group) is 1. The number of halogens is 1. The van der Waals surface area contributed by atoms with Gasteiger partial charge in [-0.3, -0.25) is 9.69 Å². The molecular formula is C22H27BrN2O3. The molecule has 1 saturated heterocycles. The van der Waals surface area contributed by atoms with Crippen molar-refractivity contribution >= 4 is 21.8 Å². The lowest BCUT2D eigenvalue weighted by Crippen LogP contribution is -2.44. The van der Waals surface area contributed by atoms with Crippen LogP contribution in [0.2, 0.25) is 0 Å². The molecule has 1 atom stereocenters. The Morgan fingerprint density at radius 1 is 1.29 bits per heavy atom. The topological polar surface area (TPSA) is 42.0 Å². The Kier molecular flexibility index (Phi) is 7.48. The van der Waals surface area contributed by atoms with Crippen molar-refractivity contribution in [2.45, 2.75) is 19.6 Å². The van der Waals surface area contributed by atoms with E-state index < -0.39 is 0 Å². The van der Waals surface area contributed by atoms with Gasteiger partial charge in [-0.25, -0.2) is 0 Å². The molecule has 1 heterocycles. The zero-order valence-corrected chi connectivity index (χ0v) is 18.0. The second-order valence-electron chi connectivity index (χ2n) is 6.98. The SMILES string of the molecule is CCOc1ccc(CN(C)C(=O)CN2CCOC(c3cccc(Br)c3)C2)cc1. The van der Waals surface area contributed by atoms with Gasteiger partial charge in [0.1, 0.15) is 5.75 Å². The highest BCUT2D eigenvalue weighted by molar-refractivity contribution is 9.10. The average molecular weight is 447 g/mol. The van der Waals surface area contributed by atoms with E-state index in [0.717, 1.165) is 34.4 Å². The first-order chi connectivity index (χ1) is 13.5. The van der Waals surface area contributed by atoms with E-state index >= 15 is 0 Å². The first-order valence-electron chi connectivity index (χ1n) is 9.60. The zero-order chi connectivity index (χ0) is 19.9. The molecule has 3 rings (SSSR count). The van der Waals surface area contributed by atoms with E-state index in [4.69, 9.17) is 9.47 Å². The van der Waals surface area contributed by atoms with Gasteiger partial charge in [0.15, 0.2) is 0 Å². The number of carbonyl (C=O) groups is 1. The van der Waals surface area contributed by atoms with Gasteiger partial charge in [-0.15, -0.1) is 0 Å². The van der Waals surface area contributed by atoms with Crippen LogP contribution in [0, 0.1) is 0 Å². The first kappa shape index (κ1) is 20.8. The summed E-state index contributed by atoms with van der Waals surface area (Å²) >= 11 is 3.51. The molecule has 0 aromatic heterocycles. The lowest BCUT2D eigenvalue weighted by Gasteiger charge is -2.33. The van der Waals surface area contributed by atoms with Gasteiger partial charge in [0.2, 0.25) is 5.91 Å². The summed E-state index contributed by atoms with van der Waals surface area (Å²) in [7, 11) is 1.85. The van der Waals surface area contributed by atoms with E-state index in [1.54, 1.807) is 4.90 Å². The standard InChI is InChI=1S/C22H27BrN2O3/c1-3-27-20-9-7-17(8-10-20)14-24(2)22(26)16-25-11-12-28-21(15-25)18-5-4-6-19(23)13-18/h4-10,13,21H,3,11-12,14-16H2,1-2H3. The summed E-state index contributed by atoms with van der Waals surface area (Å²) < 4.78 is 12.4. The number of carbonyl (C=O) groups excluding carboxylic acids is 1. The molecule has 1 aliphatic heterocycles. The normalized spacial score (nSPS) is 17.3. The molecule has 1 fully saturated rings. The second kappa shape index (κ2) is 10.0. The molecule has 0 radical (unpaired) electrons. The van der Waals surface area contributed by atoms with Gasteiger partial charge >= 0.3 is 0 Å². The molecule has 28 heavy (non-hydrogen) atoms. The quantitative estimate of drug-likeness (QED) is 0.646. The number of hydrogen-bond acceptors (Lipinski definition) is 4. The van der Waals surface area contributed by atoms with Crippen molar-refractivity contribution in [3.05, 3.63) is 64.1 Å². The summed E-state index contributed by atoms with van der Waals surface area (Å²) in [6.07, 6.45) is -0.00420. The molecular weight excluding hydrogens is 420 g/mol. The number of morpholine rings is 1. The lowest BCUT2D eigenvalue weighted by atomic mass is 10.1.